The molecule has 1 aliphatic heterocycles. The first-order valence-electron chi connectivity index (χ1n) is 5.52. The Bertz CT molecular complexity index is 146. The highest BCUT2D eigenvalue weighted by atomic mass is 15.3. The van der Waals surface area contributed by atoms with E-state index in [-0.39, 0.29) is 0 Å². The van der Waals surface area contributed by atoms with E-state index in [2.05, 4.69) is 44.5 Å². The largest absolute Gasteiger partial charge is 0.298 e. The highest BCUT2D eigenvalue weighted by Crippen LogP contribution is 2.16. The standard InChI is InChI=1S/C11H24N2/c1-6-9(2)13-7-10(3)12(5)11(4)8-13/h9-11H,6-8H2,1-5H3. The summed E-state index contributed by atoms with van der Waals surface area (Å²) >= 11 is 0. The van der Waals surface area contributed by atoms with E-state index in [4.69, 9.17) is 0 Å². The lowest BCUT2D eigenvalue weighted by molar-refractivity contribution is 0.0372. The zero-order valence-corrected chi connectivity index (χ0v) is 9.75. The molecular weight excluding hydrogens is 160 g/mol. The predicted octanol–water partition coefficient (Wildman–Crippen LogP) is 1.81. The van der Waals surface area contributed by atoms with E-state index in [1.165, 1.54) is 19.5 Å². The Kier molecular flexibility index (Phi) is 3.74. The second kappa shape index (κ2) is 4.43. The van der Waals surface area contributed by atoms with E-state index >= 15 is 0 Å². The first-order valence-corrected chi connectivity index (χ1v) is 5.52. The summed E-state index contributed by atoms with van der Waals surface area (Å²) in [6.07, 6.45) is 1.27. The minimum absolute atomic E-state index is 0.706. The molecule has 78 valence electrons. The maximum Gasteiger partial charge on any atom is 0.0195 e. The van der Waals surface area contributed by atoms with Gasteiger partial charge in [-0.05, 0) is 34.2 Å². The van der Waals surface area contributed by atoms with Crippen LogP contribution in [0.2, 0.25) is 0 Å². The van der Waals surface area contributed by atoms with Crippen LogP contribution in [0.3, 0.4) is 0 Å². The SMILES string of the molecule is CCC(C)N1CC(C)N(C)C(C)C1. The summed E-state index contributed by atoms with van der Waals surface area (Å²) in [6, 6.07) is 2.16. The maximum absolute atomic E-state index is 2.62. The van der Waals surface area contributed by atoms with Crippen LogP contribution in [-0.4, -0.2) is 48.1 Å². The maximum atomic E-state index is 2.62. The van der Waals surface area contributed by atoms with Gasteiger partial charge in [0.2, 0.25) is 0 Å². The summed E-state index contributed by atoms with van der Waals surface area (Å²) < 4.78 is 0. The molecule has 13 heavy (non-hydrogen) atoms. The summed E-state index contributed by atoms with van der Waals surface area (Å²) in [4.78, 5) is 5.11. The Balaban J connectivity index is 2.53. The third-order valence-electron chi connectivity index (χ3n) is 3.60. The topological polar surface area (TPSA) is 6.48 Å². The van der Waals surface area contributed by atoms with E-state index in [1.807, 2.05) is 0 Å². The van der Waals surface area contributed by atoms with Crippen molar-refractivity contribution in [2.45, 2.75) is 52.2 Å². The van der Waals surface area contributed by atoms with Gasteiger partial charge in [0, 0.05) is 31.2 Å². The van der Waals surface area contributed by atoms with Crippen LogP contribution >= 0.6 is 0 Å². The van der Waals surface area contributed by atoms with Gasteiger partial charge in [0.25, 0.3) is 0 Å². The van der Waals surface area contributed by atoms with Gasteiger partial charge in [0.15, 0.2) is 0 Å². The van der Waals surface area contributed by atoms with Gasteiger partial charge in [0.1, 0.15) is 0 Å². The van der Waals surface area contributed by atoms with Gasteiger partial charge in [-0.15, -0.1) is 0 Å². The van der Waals surface area contributed by atoms with Gasteiger partial charge in [0.05, 0.1) is 0 Å². The lowest BCUT2D eigenvalue weighted by Gasteiger charge is -2.44. The third-order valence-corrected chi connectivity index (χ3v) is 3.60. The minimum atomic E-state index is 0.706. The van der Waals surface area contributed by atoms with Gasteiger partial charge in [-0.2, -0.15) is 0 Å². The Morgan fingerprint density at radius 3 is 2.08 bits per heavy atom. The molecular formula is C11H24N2. The van der Waals surface area contributed by atoms with Crippen LogP contribution in [-0.2, 0) is 0 Å². The van der Waals surface area contributed by atoms with Crippen molar-refractivity contribution < 1.29 is 0 Å². The summed E-state index contributed by atoms with van der Waals surface area (Å²) in [5, 5.41) is 0. The molecule has 0 saturated carbocycles. The number of rotatable bonds is 2. The van der Waals surface area contributed by atoms with Crippen molar-refractivity contribution in [3.8, 4) is 0 Å². The Labute approximate surface area is 82.9 Å². The van der Waals surface area contributed by atoms with Crippen molar-refractivity contribution >= 4 is 0 Å². The molecule has 1 heterocycles. The molecule has 0 aromatic heterocycles. The molecule has 2 nitrogen and oxygen atoms in total. The Morgan fingerprint density at radius 1 is 1.23 bits per heavy atom. The van der Waals surface area contributed by atoms with Crippen LogP contribution in [0.1, 0.15) is 34.1 Å². The zero-order valence-electron chi connectivity index (χ0n) is 9.75. The van der Waals surface area contributed by atoms with E-state index < -0.39 is 0 Å². The van der Waals surface area contributed by atoms with E-state index in [9.17, 15) is 0 Å². The average Bonchev–Trinajstić information content (AvgIpc) is 2.12. The summed E-state index contributed by atoms with van der Waals surface area (Å²) in [5.41, 5.74) is 0. The molecule has 2 heteroatoms. The molecule has 1 rings (SSSR count). The van der Waals surface area contributed by atoms with Crippen molar-refractivity contribution in [3.05, 3.63) is 0 Å². The predicted molar refractivity (Wildman–Crippen MR) is 58.0 cm³/mol. The lowest BCUT2D eigenvalue weighted by Crippen LogP contribution is -2.56. The summed E-state index contributed by atoms with van der Waals surface area (Å²) in [5.74, 6) is 0. The van der Waals surface area contributed by atoms with Crippen LogP contribution in [0.15, 0.2) is 0 Å². The van der Waals surface area contributed by atoms with E-state index in [0.717, 1.165) is 6.04 Å². The summed E-state index contributed by atoms with van der Waals surface area (Å²) in [7, 11) is 2.24. The van der Waals surface area contributed by atoms with Gasteiger partial charge in [-0.25, -0.2) is 0 Å². The number of hydrogen-bond acceptors (Lipinski definition) is 2. The monoisotopic (exact) mass is 184 g/mol. The molecule has 0 aromatic carbocycles. The van der Waals surface area contributed by atoms with E-state index in [1.54, 1.807) is 0 Å². The Morgan fingerprint density at radius 2 is 1.69 bits per heavy atom. The normalized spacial score (nSPS) is 34.8. The number of piperazine rings is 1. The first-order chi connectivity index (χ1) is 6.06. The molecule has 1 fully saturated rings. The number of nitrogens with zero attached hydrogens (tertiary/aromatic N) is 2. The van der Waals surface area contributed by atoms with Crippen molar-refractivity contribution in [2.75, 3.05) is 20.1 Å². The highest BCUT2D eigenvalue weighted by Gasteiger charge is 2.28. The van der Waals surface area contributed by atoms with Gasteiger partial charge >= 0.3 is 0 Å². The molecule has 0 aromatic rings. The third kappa shape index (κ3) is 2.44. The molecule has 1 aliphatic rings. The van der Waals surface area contributed by atoms with Gasteiger partial charge < -0.3 is 0 Å². The molecule has 3 atom stereocenters. The zero-order chi connectivity index (χ0) is 10.0. The molecule has 0 aliphatic carbocycles. The van der Waals surface area contributed by atoms with Crippen LogP contribution in [0.5, 0.6) is 0 Å². The fourth-order valence-electron chi connectivity index (χ4n) is 2.06. The van der Waals surface area contributed by atoms with Gasteiger partial charge in [-0.1, -0.05) is 6.92 Å². The van der Waals surface area contributed by atoms with Crippen molar-refractivity contribution in [1.82, 2.24) is 9.80 Å². The molecule has 1 saturated heterocycles. The number of hydrogen-bond donors (Lipinski definition) is 0. The first kappa shape index (κ1) is 11.0. The second-order valence-corrected chi connectivity index (χ2v) is 4.57. The fourth-order valence-corrected chi connectivity index (χ4v) is 2.06. The molecule has 3 unspecified atom stereocenters. The summed E-state index contributed by atoms with van der Waals surface area (Å²) in [6.45, 7) is 11.7. The van der Waals surface area contributed by atoms with Crippen molar-refractivity contribution in [3.63, 3.8) is 0 Å². The van der Waals surface area contributed by atoms with Crippen LogP contribution in [0.25, 0.3) is 0 Å². The lowest BCUT2D eigenvalue weighted by atomic mass is 10.1. The highest BCUT2D eigenvalue weighted by molar-refractivity contribution is 4.84. The minimum Gasteiger partial charge on any atom is -0.298 e. The molecule has 0 N–H and O–H groups in total. The molecule has 0 radical (unpaired) electrons. The second-order valence-electron chi connectivity index (χ2n) is 4.57. The number of likely N-dealkylation sites (N-methyl/N-ethyl adjacent to an activating group) is 1. The van der Waals surface area contributed by atoms with Crippen molar-refractivity contribution in [2.24, 2.45) is 0 Å². The van der Waals surface area contributed by atoms with E-state index in [0.29, 0.717) is 12.1 Å². The fraction of sp³-hybridized carbons (Fsp3) is 1.00. The molecule has 0 spiro atoms. The van der Waals surface area contributed by atoms with Crippen LogP contribution < -0.4 is 0 Å². The smallest absolute Gasteiger partial charge is 0.0195 e. The average molecular weight is 184 g/mol. The molecule has 0 amide bonds. The van der Waals surface area contributed by atoms with Gasteiger partial charge in [-0.3, -0.25) is 9.80 Å². The molecule has 0 bridgehead atoms. The van der Waals surface area contributed by atoms with Crippen LogP contribution in [0.4, 0.5) is 0 Å². The van der Waals surface area contributed by atoms with Crippen molar-refractivity contribution in [1.29, 1.82) is 0 Å². The Hall–Kier alpha value is -0.0800. The quantitative estimate of drug-likeness (QED) is 0.646. The van der Waals surface area contributed by atoms with Crippen LogP contribution in [0, 0.1) is 0 Å².